The van der Waals surface area contributed by atoms with Gasteiger partial charge in [0.1, 0.15) is 0 Å². The molecule has 1 atom stereocenters. The first-order chi connectivity index (χ1) is 16.6. The van der Waals surface area contributed by atoms with Gasteiger partial charge in [-0.05, 0) is 42.5 Å². The number of carbonyl (C=O) groups excluding carboxylic acids is 2. The van der Waals surface area contributed by atoms with Gasteiger partial charge < -0.3 is 15.1 Å². The van der Waals surface area contributed by atoms with E-state index in [0.29, 0.717) is 23.7 Å². The number of benzene rings is 3. The van der Waals surface area contributed by atoms with Gasteiger partial charge in [0.15, 0.2) is 5.66 Å². The van der Waals surface area contributed by atoms with Crippen molar-refractivity contribution in [1.29, 1.82) is 0 Å². The number of nitrogens with zero attached hydrogens (tertiary/aromatic N) is 3. The standard InChI is InChI=1S/C27H21ClN4O2/c28-20-9-7-19(8-10-20)27-23-6-2-1-5-22(23)26(34)32(27)15-14-31(27)25(33)17-30-21-11-12-24-18(16-21)4-3-13-29-24/h1-13,16,30H,14-15,17H2. The average molecular weight is 469 g/mol. The van der Waals surface area contributed by atoms with Crippen molar-refractivity contribution in [3.63, 3.8) is 0 Å². The van der Waals surface area contributed by atoms with Gasteiger partial charge in [-0.3, -0.25) is 14.6 Å². The van der Waals surface area contributed by atoms with E-state index < -0.39 is 5.66 Å². The number of rotatable bonds is 4. The molecule has 7 heteroatoms. The van der Waals surface area contributed by atoms with Gasteiger partial charge in [-0.1, -0.05) is 48.0 Å². The van der Waals surface area contributed by atoms with E-state index in [9.17, 15) is 9.59 Å². The molecule has 168 valence electrons. The highest BCUT2D eigenvalue weighted by Crippen LogP contribution is 2.49. The van der Waals surface area contributed by atoms with Gasteiger partial charge >= 0.3 is 0 Å². The quantitative estimate of drug-likeness (QED) is 0.479. The number of hydrogen-bond donors (Lipinski definition) is 1. The number of amides is 2. The van der Waals surface area contributed by atoms with Gasteiger partial charge in [-0.15, -0.1) is 0 Å². The maximum absolute atomic E-state index is 13.7. The first-order valence-electron chi connectivity index (χ1n) is 11.2. The summed E-state index contributed by atoms with van der Waals surface area (Å²) in [5.74, 6) is -0.149. The highest BCUT2D eigenvalue weighted by Gasteiger charge is 2.59. The van der Waals surface area contributed by atoms with Crippen molar-refractivity contribution in [3.05, 3.63) is 107 Å². The lowest BCUT2D eigenvalue weighted by molar-refractivity contribution is -0.134. The van der Waals surface area contributed by atoms with Crippen molar-refractivity contribution in [2.45, 2.75) is 5.66 Å². The smallest absolute Gasteiger partial charge is 0.256 e. The van der Waals surface area contributed by atoms with E-state index >= 15 is 0 Å². The van der Waals surface area contributed by atoms with Gasteiger partial charge in [0.25, 0.3) is 5.91 Å². The van der Waals surface area contributed by atoms with Gasteiger partial charge in [0, 0.05) is 52.1 Å². The lowest BCUT2D eigenvalue weighted by Crippen LogP contribution is -2.52. The Morgan fingerprint density at radius 3 is 2.68 bits per heavy atom. The molecule has 1 unspecified atom stereocenters. The molecule has 0 radical (unpaired) electrons. The zero-order valence-corrected chi connectivity index (χ0v) is 19.0. The Bertz CT molecular complexity index is 1440. The van der Waals surface area contributed by atoms with Crippen LogP contribution < -0.4 is 5.32 Å². The maximum Gasteiger partial charge on any atom is 0.256 e. The van der Waals surface area contributed by atoms with Crippen LogP contribution in [0.1, 0.15) is 21.5 Å². The molecule has 0 saturated carbocycles. The predicted octanol–water partition coefficient (Wildman–Crippen LogP) is 4.50. The summed E-state index contributed by atoms with van der Waals surface area (Å²) in [5, 5.41) is 4.87. The van der Waals surface area contributed by atoms with Crippen molar-refractivity contribution in [2.24, 2.45) is 0 Å². The number of hydrogen-bond acceptors (Lipinski definition) is 4. The molecule has 2 aliphatic rings. The van der Waals surface area contributed by atoms with E-state index in [1.807, 2.05) is 71.6 Å². The second-order valence-corrected chi connectivity index (χ2v) is 8.93. The summed E-state index contributed by atoms with van der Waals surface area (Å²) < 4.78 is 0. The van der Waals surface area contributed by atoms with Crippen molar-refractivity contribution >= 4 is 40.0 Å². The van der Waals surface area contributed by atoms with Crippen LogP contribution in [0.15, 0.2) is 85.1 Å². The third kappa shape index (κ3) is 2.99. The molecule has 2 aliphatic heterocycles. The van der Waals surface area contributed by atoms with E-state index in [0.717, 1.165) is 27.7 Å². The lowest BCUT2D eigenvalue weighted by Gasteiger charge is -2.40. The van der Waals surface area contributed by atoms with E-state index in [1.54, 1.807) is 23.2 Å². The Hall–Kier alpha value is -3.90. The third-order valence-electron chi connectivity index (χ3n) is 6.70. The number of anilines is 1. The molecular formula is C27H21ClN4O2. The average Bonchev–Trinajstić information content (AvgIpc) is 3.38. The van der Waals surface area contributed by atoms with Crippen LogP contribution >= 0.6 is 11.6 Å². The monoisotopic (exact) mass is 468 g/mol. The van der Waals surface area contributed by atoms with E-state index in [4.69, 9.17) is 11.6 Å². The summed E-state index contributed by atoms with van der Waals surface area (Å²) in [6, 6.07) is 24.7. The van der Waals surface area contributed by atoms with Crippen LogP contribution in [-0.4, -0.2) is 46.2 Å². The Balaban J connectivity index is 1.37. The molecule has 0 spiro atoms. The minimum absolute atomic E-state index is 0.0594. The zero-order chi connectivity index (χ0) is 23.3. The van der Waals surface area contributed by atoms with Crippen LogP contribution in [0.5, 0.6) is 0 Å². The fraction of sp³-hybridized carbons (Fsp3) is 0.148. The van der Waals surface area contributed by atoms with Crippen LogP contribution in [0.3, 0.4) is 0 Å². The molecule has 1 N–H and O–H groups in total. The molecule has 34 heavy (non-hydrogen) atoms. The first kappa shape index (κ1) is 20.7. The van der Waals surface area contributed by atoms with Crippen LogP contribution in [-0.2, 0) is 10.5 Å². The van der Waals surface area contributed by atoms with Crippen LogP contribution in [0.2, 0.25) is 5.02 Å². The van der Waals surface area contributed by atoms with Crippen molar-refractivity contribution in [1.82, 2.24) is 14.8 Å². The largest absolute Gasteiger partial charge is 0.376 e. The summed E-state index contributed by atoms with van der Waals surface area (Å²) in [4.78, 5) is 35.0. The molecule has 0 aliphatic carbocycles. The number of halogens is 1. The van der Waals surface area contributed by atoms with Gasteiger partial charge in [-0.2, -0.15) is 0 Å². The highest BCUT2D eigenvalue weighted by atomic mass is 35.5. The van der Waals surface area contributed by atoms with Crippen LogP contribution in [0.4, 0.5) is 5.69 Å². The Morgan fingerprint density at radius 1 is 1.00 bits per heavy atom. The fourth-order valence-electron chi connectivity index (χ4n) is 5.24. The van der Waals surface area contributed by atoms with E-state index in [1.165, 1.54) is 0 Å². The summed E-state index contributed by atoms with van der Waals surface area (Å²) in [6.07, 6.45) is 1.76. The molecule has 3 heterocycles. The molecule has 4 aromatic rings. The maximum atomic E-state index is 13.7. The molecule has 1 aromatic heterocycles. The molecule has 1 saturated heterocycles. The van der Waals surface area contributed by atoms with Crippen molar-refractivity contribution in [2.75, 3.05) is 25.0 Å². The number of carbonyl (C=O) groups is 2. The topological polar surface area (TPSA) is 65.5 Å². The van der Waals surface area contributed by atoms with Crippen LogP contribution in [0, 0.1) is 0 Å². The van der Waals surface area contributed by atoms with E-state index in [-0.39, 0.29) is 18.4 Å². The second kappa shape index (κ2) is 7.85. The molecule has 1 fully saturated rings. The summed E-state index contributed by atoms with van der Waals surface area (Å²) >= 11 is 6.17. The molecule has 6 rings (SSSR count). The molecule has 2 amide bonds. The highest BCUT2D eigenvalue weighted by molar-refractivity contribution is 6.30. The Morgan fingerprint density at radius 2 is 1.82 bits per heavy atom. The fourth-order valence-corrected chi connectivity index (χ4v) is 5.37. The van der Waals surface area contributed by atoms with Crippen molar-refractivity contribution in [3.8, 4) is 0 Å². The number of aromatic nitrogens is 1. The van der Waals surface area contributed by atoms with Gasteiger partial charge in [0.05, 0.1) is 12.1 Å². The zero-order valence-electron chi connectivity index (χ0n) is 18.2. The summed E-state index contributed by atoms with van der Waals surface area (Å²) in [5.41, 5.74) is 3.06. The normalized spacial score (nSPS) is 18.8. The van der Waals surface area contributed by atoms with Gasteiger partial charge in [-0.25, -0.2) is 0 Å². The number of fused-ring (bicyclic) bond motifs is 4. The Kier molecular flexibility index (Phi) is 4.78. The SMILES string of the molecule is O=C(CNc1ccc2ncccc2c1)N1CCN2C(=O)c3ccccc3C12c1ccc(Cl)cc1. The second-order valence-electron chi connectivity index (χ2n) is 8.49. The number of nitrogens with one attached hydrogen (secondary N) is 1. The Labute approximate surface area is 201 Å². The third-order valence-corrected chi connectivity index (χ3v) is 6.95. The van der Waals surface area contributed by atoms with Crippen LogP contribution in [0.25, 0.3) is 10.9 Å². The van der Waals surface area contributed by atoms with Crippen molar-refractivity contribution < 1.29 is 9.59 Å². The minimum Gasteiger partial charge on any atom is -0.376 e. The first-order valence-corrected chi connectivity index (χ1v) is 11.5. The minimum atomic E-state index is -0.982. The van der Waals surface area contributed by atoms with E-state index in [2.05, 4.69) is 10.3 Å². The number of pyridine rings is 1. The molecule has 0 bridgehead atoms. The molecule has 6 nitrogen and oxygen atoms in total. The predicted molar refractivity (Wildman–Crippen MR) is 132 cm³/mol. The molecule has 3 aromatic carbocycles. The molecular weight excluding hydrogens is 448 g/mol. The van der Waals surface area contributed by atoms with Gasteiger partial charge in [0.2, 0.25) is 5.91 Å². The lowest BCUT2D eigenvalue weighted by atomic mass is 9.90. The summed E-state index contributed by atoms with van der Waals surface area (Å²) in [6.45, 7) is 1.01. The summed E-state index contributed by atoms with van der Waals surface area (Å²) in [7, 11) is 0.